The summed E-state index contributed by atoms with van der Waals surface area (Å²) < 4.78 is 15.5. The molecule has 0 spiro atoms. The maximum atomic E-state index is 12.5. The molecule has 148 valence electrons. The van der Waals surface area contributed by atoms with Crippen molar-refractivity contribution in [2.24, 2.45) is 0 Å². The molecule has 1 aliphatic carbocycles. The molecule has 1 fully saturated rings. The highest BCUT2D eigenvalue weighted by atomic mass is 16.6. The van der Waals surface area contributed by atoms with E-state index < -0.39 is 24.0 Å². The van der Waals surface area contributed by atoms with Crippen molar-refractivity contribution < 1.29 is 28.6 Å². The van der Waals surface area contributed by atoms with Crippen molar-refractivity contribution in [3.05, 3.63) is 23.8 Å². The Bertz CT molecular complexity index is 663. The summed E-state index contributed by atoms with van der Waals surface area (Å²) in [6.07, 6.45) is 3.93. The van der Waals surface area contributed by atoms with Crippen LogP contribution >= 0.6 is 0 Å². The molecule has 1 atom stereocenters. The maximum Gasteiger partial charge on any atom is 0.346 e. The van der Waals surface area contributed by atoms with E-state index >= 15 is 0 Å². The summed E-state index contributed by atoms with van der Waals surface area (Å²) in [7, 11) is 2.83. The molecule has 1 aromatic rings. The Morgan fingerprint density at radius 3 is 2.19 bits per heavy atom. The molecular weight excluding hydrogens is 352 g/mol. The molecular formula is C19H26N2O6. The lowest BCUT2D eigenvalue weighted by atomic mass is 9.96. The first-order chi connectivity index (χ1) is 13.0. The van der Waals surface area contributed by atoms with Crippen molar-refractivity contribution >= 4 is 17.9 Å². The molecule has 0 unspecified atom stereocenters. The quantitative estimate of drug-likeness (QED) is 0.737. The molecule has 3 amide bonds. The predicted octanol–water partition coefficient (Wildman–Crippen LogP) is 2.41. The van der Waals surface area contributed by atoms with Gasteiger partial charge in [-0.05, 0) is 31.9 Å². The Hall–Kier alpha value is -2.77. The molecule has 0 radical (unpaired) electrons. The fourth-order valence-corrected chi connectivity index (χ4v) is 3.01. The van der Waals surface area contributed by atoms with Crippen molar-refractivity contribution in [2.75, 3.05) is 14.2 Å². The van der Waals surface area contributed by atoms with Crippen LogP contribution in [0.3, 0.4) is 0 Å². The van der Waals surface area contributed by atoms with Crippen LogP contribution in [0.4, 0.5) is 4.79 Å². The van der Waals surface area contributed by atoms with E-state index in [1.54, 1.807) is 18.2 Å². The molecule has 27 heavy (non-hydrogen) atoms. The van der Waals surface area contributed by atoms with Crippen LogP contribution in [0.5, 0.6) is 11.5 Å². The number of benzene rings is 1. The first kappa shape index (κ1) is 20.5. The Balaban J connectivity index is 1.93. The fourth-order valence-electron chi connectivity index (χ4n) is 3.01. The van der Waals surface area contributed by atoms with Crippen LogP contribution in [0, 0.1) is 0 Å². The monoisotopic (exact) mass is 378 g/mol. The van der Waals surface area contributed by atoms with E-state index in [0.29, 0.717) is 0 Å². The number of nitrogens with one attached hydrogen (secondary N) is 2. The van der Waals surface area contributed by atoms with Crippen LogP contribution in [-0.4, -0.2) is 44.3 Å². The van der Waals surface area contributed by atoms with Gasteiger partial charge in [-0.25, -0.2) is 9.59 Å². The number of amides is 3. The predicted molar refractivity (Wildman–Crippen MR) is 98.0 cm³/mol. The highest BCUT2D eigenvalue weighted by Gasteiger charge is 2.26. The van der Waals surface area contributed by atoms with Crippen LogP contribution in [0.15, 0.2) is 18.2 Å². The number of carbonyl (C=O) groups excluding carboxylic acids is 3. The summed E-state index contributed by atoms with van der Waals surface area (Å²) in [6.45, 7) is 1.39. The van der Waals surface area contributed by atoms with Crippen molar-refractivity contribution in [1.82, 2.24) is 10.6 Å². The van der Waals surface area contributed by atoms with Crippen LogP contribution in [0.2, 0.25) is 0 Å². The fraction of sp³-hybridized carbons (Fsp3) is 0.526. The number of hydrogen-bond acceptors (Lipinski definition) is 6. The lowest BCUT2D eigenvalue weighted by Crippen LogP contribution is -2.48. The molecule has 8 heteroatoms. The number of hydrogen-bond donors (Lipinski definition) is 2. The zero-order chi connectivity index (χ0) is 19.8. The van der Waals surface area contributed by atoms with Gasteiger partial charge in [0.2, 0.25) is 0 Å². The van der Waals surface area contributed by atoms with E-state index in [9.17, 15) is 14.4 Å². The van der Waals surface area contributed by atoms with E-state index in [1.165, 1.54) is 21.1 Å². The number of rotatable bonds is 6. The molecule has 0 aromatic heterocycles. The first-order valence-electron chi connectivity index (χ1n) is 8.99. The minimum atomic E-state index is -1.16. The summed E-state index contributed by atoms with van der Waals surface area (Å²) in [6, 6.07) is 4.33. The second-order valence-corrected chi connectivity index (χ2v) is 6.38. The molecule has 1 saturated carbocycles. The van der Waals surface area contributed by atoms with E-state index in [0.717, 1.165) is 32.1 Å². The van der Waals surface area contributed by atoms with Crippen LogP contribution in [0.1, 0.15) is 49.4 Å². The molecule has 1 aliphatic rings. The van der Waals surface area contributed by atoms with Gasteiger partial charge in [0.05, 0.1) is 14.2 Å². The molecule has 0 saturated heterocycles. The van der Waals surface area contributed by atoms with Gasteiger partial charge in [0.25, 0.3) is 5.91 Å². The Labute approximate surface area is 158 Å². The van der Waals surface area contributed by atoms with Gasteiger partial charge >= 0.3 is 12.0 Å². The highest BCUT2D eigenvalue weighted by molar-refractivity contribution is 6.00. The SMILES string of the molecule is COc1cccc(OC)c1C(=O)O[C@H](C)C(=O)NC(=O)NC1CCCCC1. The van der Waals surface area contributed by atoms with Crippen molar-refractivity contribution in [2.45, 2.75) is 51.2 Å². The summed E-state index contributed by atoms with van der Waals surface area (Å²) in [5.41, 5.74) is 0.0776. The van der Waals surface area contributed by atoms with Crippen molar-refractivity contribution in [3.63, 3.8) is 0 Å². The van der Waals surface area contributed by atoms with Gasteiger partial charge in [-0.3, -0.25) is 10.1 Å². The summed E-state index contributed by atoms with van der Waals surface area (Å²) in [5.74, 6) is -0.950. The van der Waals surface area contributed by atoms with Gasteiger partial charge in [0.1, 0.15) is 17.1 Å². The average molecular weight is 378 g/mol. The molecule has 0 aliphatic heterocycles. The van der Waals surface area contributed by atoms with E-state index in [4.69, 9.17) is 14.2 Å². The standard InChI is InChI=1S/C19H26N2O6/c1-12(17(22)21-19(24)20-13-8-5-4-6-9-13)27-18(23)16-14(25-2)10-7-11-15(16)26-3/h7,10-13H,4-6,8-9H2,1-3H3,(H2,20,21,22,24)/t12-/m1/s1. The number of methoxy groups -OCH3 is 2. The topological polar surface area (TPSA) is 103 Å². The summed E-state index contributed by atoms with van der Waals surface area (Å²) >= 11 is 0. The average Bonchev–Trinajstić information content (AvgIpc) is 2.67. The van der Waals surface area contributed by atoms with Crippen LogP contribution in [0.25, 0.3) is 0 Å². The van der Waals surface area contributed by atoms with Crippen molar-refractivity contribution in [3.8, 4) is 11.5 Å². The number of urea groups is 1. The molecule has 8 nitrogen and oxygen atoms in total. The lowest BCUT2D eigenvalue weighted by Gasteiger charge is -2.23. The molecule has 2 rings (SSSR count). The maximum absolute atomic E-state index is 12.5. The Morgan fingerprint density at radius 1 is 1.04 bits per heavy atom. The van der Waals surface area contributed by atoms with Gasteiger partial charge in [-0.15, -0.1) is 0 Å². The number of imide groups is 1. The van der Waals surface area contributed by atoms with Gasteiger partial charge in [0, 0.05) is 6.04 Å². The van der Waals surface area contributed by atoms with Gasteiger partial charge in [0.15, 0.2) is 6.10 Å². The van der Waals surface area contributed by atoms with Crippen LogP contribution in [-0.2, 0) is 9.53 Å². The minimum absolute atomic E-state index is 0.0715. The zero-order valence-corrected chi connectivity index (χ0v) is 15.9. The van der Waals surface area contributed by atoms with Crippen LogP contribution < -0.4 is 20.1 Å². The van der Waals surface area contributed by atoms with Gasteiger partial charge in [-0.1, -0.05) is 25.3 Å². The lowest BCUT2D eigenvalue weighted by molar-refractivity contribution is -0.127. The van der Waals surface area contributed by atoms with E-state index in [2.05, 4.69) is 10.6 Å². The number of esters is 1. The second-order valence-electron chi connectivity index (χ2n) is 6.38. The summed E-state index contributed by atoms with van der Waals surface area (Å²) in [4.78, 5) is 36.6. The first-order valence-corrected chi connectivity index (χ1v) is 8.99. The largest absolute Gasteiger partial charge is 0.496 e. The molecule has 0 bridgehead atoms. The second kappa shape index (κ2) is 9.80. The molecule has 2 N–H and O–H groups in total. The Morgan fingerprint density at radius 2 is 1.63 bits per heavy atom. The normalized spacial score (nSPS) is 15.4. The number of carbonyl (C=O) groups is 3. The van der Waals surface area contributed by atoms with Gasteiger partial charge in [-0.2, -0.15) is 0 Å². The van der Waals surface area contributed by atoms with E-state index in [-0.39, 0.29) is 23.1 Å². The molecule has 0 heterocycles. The zero-order valence-electron chi connectivity index (χ0n) is 15.9. The third kappa shape index (κ3) is 5.60. The van der Waals surface area contributed by atoms with E-state index in [1.807, 2.05) is 0 Å². The summed E-state index contributed by atoms with van der Waals surface area (Å²) in [5, 5.41) is 4.99. The highest BCUT2D eigenvalue weighted by Crippen LogP contribution is 2.29. The molecule has 1 aromatic carbocycles. The van der Waals surface area contributed by atoms with Gasteiger partial charge < -0.3 is 19.5 Å². The smallest absolute Gasteiger partial charge is 0.346 e. The van der Waals surface area contributed by atoms with Crippen molar-refractivity contribution in [1.29, 1.82) is 0 Å². The number of ether oxygens (including phenoxy) is 3. The third-order valence-electron chi connectivity index (χ3n) is 4.46. The Kier molecular flexibility index (Phi) is 7.45. The minimum Gasteiger partial charge on any atom is -0.496 e. The third-order valence-corrected chi connectivity index (χ3v) is 4.46.